The second kappa shape index (κ2) is 9.07. The predicted octanol–water partition coefficient (Wildman–Crippen LogP) is 2.64. The van der Waals surface area contributed by atoms with E-state index < -0.39 is 0 Å². The van der Waals surface area contributed by atoms with Crippen LogP contribution in [-0.2, 0) is 0 Å². The maximum Gasteiger partial charge on any atom is 0.251 e. The Kier molecular flexibility index (Phi) is 6.30. The molecule has 27 heavy (non-hydrogen) atoms. The third kappa shape index (κ3) is 5.74. The molecule has 0 heterocycles. The Bertz CT molecular complexity index is 768. The van der Waals surface area contributed by atoms with E-state index in [2.05, 4.69) is 10.6 Å². The summed E-state index contributed by atoms with van der Waals surface area (Å²) in [6, 6.07) is 14.0. The van der Waals surface area contributed by atoms with Crippen molar-refractivity contribution in [3.63, 3.8) is 0 Å². The zero-order valence-corrected chi connectivity index (χ0v) is 15.4. The van der Waals surface area contributed by atoms with Crippen molar-refractivity contribution in [1.29, 1.82) is 0 Å². The van der Waals surface area contributed by atoms with Crippen LogP contribution >= 0.6 is 0 Å². The number of hydrogen-bond acceptors (Lipinski definition) is 4. The van der Waals surface area contributed by atoms with Gasteiger partial charge in [-0.1, -0.05) is 0 Å². The fourth-order valence-electron chi connectivity index (χ4n) is 2.50. The van der Waals surface area contributed by atoms with Crippen LogP contribution < -0.4 is 20.1 Å². The van der Waals surface area contributed by atoms with Gasteiger partial charge in [0.05, 0.1) is 13.7 Å². The van der Waals surface area contributed by atoms with E-state index in [0.717, 1.165) is 12.4 Å². The summed E-state index contributed by atoms with van der Waals surface area (Å²) in [5, 5.41) is 5.56. The van der Waals surface area contributed by atoms with E-state index in [1.807, 2.05) is 12.1 Å². The first-order valence-corrected chi connectivity index (χ1v) is 9.09. The molecule has 6 nitrogen and oxygen atoms in total. The lowest BCUT2D eigenvalue weighted by Crippen LogP contribution is -2.34. The molecule has 0 aliphatic heterocycles. The molecule has 1 aliphatic carbocycles. The molecule has 2 aromatic rings. The van der Waals surface area contributed by atoms with E-state index >= 15 is 0 Å². The molecule has 0 atom stereocenters. The Labute approximate surface area is 158 Å². The number of ether oxygens (including phenoxy) is 2. The quantitative estimate of drug-likeness (QED) is 0.667. The minimum absolute atomic E-state index is 0.178. The SMILES string of the molecule is COc1ccc(C(=O)NCCNC(=O)c2ccc(OCC3CC3)cc2)cc1. The van der Waals surface area contributed by atoms with Gasteiger partial charge in [0.25, 0.3) is 11.8 Å². The summed E-state index contributed by atoms with van der Waals surface area (Å²) in [6.07, 6.45) is 2.49. The molecule has 1 saturated carbocycles. The summed E-state index contributed by atoms with van der Waals surface area (Å²) in [5.74, 6) is 1.81. The zero-order valence-electron chi connectivity index (χ0n) is 15.4. The smallest absolute Gasteiger partial charge is 0.251 e. The van der Waals surface area contributed by atoms with Crippen LogP contribution in [0, 0.1) is 5.92 Å². The van der Waals surface area contributed by atoms with Crippen LogP contribution in [0.15, 0.2) is 48.5 Å². The fraction of sp³-hybridized carbons (Fsp3) is 0.333. The van der Waals surface area contributed by atoms with E-state index in [9.17, 15) is 9.59 Å². The molecule has 2 aromatic carbocycles. The molecule has 2 amide bonds. The normalized spacial score (nSPS) is 12.9. The number of nitrogens with one attached hydrogen (secondary N) is 2. The van der Waals surface area contributed by atoms with Crippen molar-refractivity contribution in [2.24, 2.45) is 5.92 Å². The summed E-state index contributed by atoms with van der Waals surface area (Å²) in [5.41, 5.74) is 1.11. The van der Waals surface area contributed by atoms with Gasteiger partial charge in [-0.3, -0.25) is 9.59 Å². The number of benzene rings is 2. The molecule has 1 aliphatic rings. The third-order valence-corrected chi connectivity index (χ3v) is 4.35. The lowest BCUT2D eigenvalue weighted by Gasteiger charge is -2.09. The summed E-state index contributed by atoms with van der Waals surface area (Å²) in [7, 11) is 1.58. The highest BCUT2D eigenvalue weighted by atomic mass is 16.5. The zero-order chi connectivity index (χ0) is 19.1. The number of carbonyl (C=O) groups is 2. The first kappa shape index (κ1) is 18.8. The largest absolute Gasteiger partial charge is 0.497 e. The molecule has 6 heteroatoms. The number of carbonyl (C=O) groups excluding carboxylic acids is 2. The minimum Gasteiger partial charge on any atom is -0.497 e. The Morgan fingerprint density at radius 3 is 1.78 bits per heavy atom. The molecular weight excluding hydrogens is 344 g/mol. The highest BCUT2D eigenvalue weighted by molar-refractivity contribution is 5.95. The van der Waals surface area contributed by atoms with Crippen LogP contribution in [0.1, 0.15) is 33.6 Å². The predicted molar refractivity (Wildman–Crippen MR) is 102 cm³/mol. The van der Waals surface area contributed by atoms with Crippen molar-refractivity contribution < 1.29 is 19.1 Å². The van der Waals surface area contributed by atoms with Gasteiger partial charge in [-0.2, -0.15) is 0 Å². The molecule has 0 radical (unpaired) electrons. The Morgan fingerprint density at radius 1 is 0.852 bits per heavy atom. The van der Waals surface area contributed by atoms with Crippen LogP contribution in [0.2, 0.25) is 0 Å². The molecule has 0 saturated heterocycles. The van der Waals surface area contributed by atoms with Crippen LogP contribution in [0.3, 0.4) is 0 Å². The van der Waals surface area contributed by atoms with Crippen LogP contribution in [-0.4, -0.2) is 38.6 Å². The van der Waals surface area contributed by atoms with Crippen molar-refractivity contribution in [2.75, 3.05) is 26.8 Å². The maximum atomic E-state index is 12.1. The molecule has 0 aromatic heterocycles. The number of hydrogen-bond donors (Lipinski definition) is 2. The van der Waals surface area contributed by atoms with Crippen molar-refractivity contribution >= 4 is 11.8 Å². The molecule has 3 rings (SSSR count). The van der Waals surface area contributed by atoms with Crippen molar-refractivity contribution in [1.82, 2.24) is 10.6 Å². The molecule has 1 fully saturated rings. The molecular formula is C21H24N2O4. The highest BCUT2D eigenvalue weighted by Gasteiger charge is 2.21. The molecule has 0 spiro atoms. The van der Waals surface area contributed by atoms with E-state index in [-0.39, 0.29) is 11.8 Å². The van der Waals surface area contributed by atoms with E-state index in [0.29, 0.717) is 35.9 Å². The lowest BCUT2D eigenvalue weighted by atomic mass is 10.2. The van der Waals surface area contributed by atoms with Crippen LogP contribution in [0.4, 0.5) is 0 Å². The van der Waals surface area contributed by atoms with Crippen molar-refractivity contribution in [3.05, 3.63) is 59.7 Å². The van der Waals surface area contributed by atoms with E-state index in [1.54, 1.807) is 43.5 Å². The third-order valence-electron chi connectivity index (χ3n) is 4.35. The number of methoxy groups -OCH3 is 1. The average Bonchev–Trinajstić information content (AvgIpc) is 3.54. The summed E-state index contributed by atoms with van der Waals surface area (Å²) >= 11 is 0. The lowest BCUT2D eigenvalue weighted by molar-refractivity contribution is 0.0927. The average molecular weight is 368 g/mol. The second-order valence-electron chi connectivity index (χ2n) is 6.52. The second-order valence-corrected chi connectivity index (χ2v) is 6.52. The van der Waals surface area contributed by atoms with Crippen molar-refractivity contribution in [2.45, 2.75) is 12.8 Å². The van der Waals surface area contributed by atoms with Crippen LogP contribution in [0.25, 0.3) is 0 Å². The van der Waals surface area contributed by atoms with Gasteiger partial charge in [-0.15, -0.1) is 0 Å². The van der Waals surface area contributed by atoms with Gasteiger partial charge in [0.1, 0.15) is 11.5 Å². The Morgan fingerprint density at radius 2 is 1.33 bits per heavy atom. The standard InChI is InChI=1S/C21H24N2O4/c1-26-18-8-4-16(5-9-18)20(24)22-12-13-23-21(25)17-6-10-19(11-7-17)27-14-15-2-3-15/h4-11,15H,2-3,12-14H2,1H3,(H,22,24)(H,23,25). The highest BCUT2D eigenvalue weighted by Crippen LogP contribution is 2.29. The monoisotopic (exact) mass is 368 g/mol. The first-order valence-electron chi connectivity index (χ1n) is 9.09. The number of rotatable bonds is 9. The summed E-state index contributed by atoms with van der Waals surface area (Å²) < 4.78 is 10.7. The first-order chi connectivity index (χ1) is 13.2. The Hall–Kier alpha value is -3.02. The maximum absolute atomic E-state index is 12.1. The molecule has 0 unspecified atom stereocenters. The minimum atomic E-state index is -0.191. The van der Waals surface area contributed by atoms with Gasteiger partial charge in [-0.05, 0) is 67.3 Å². The Balaban J connectivity index is 1.37. The van der Waals surface area contributed by atoms with Gasteiger partial charge >= 0.3 is 0 Å². The number of amides is 2. The van der Waals surface area contributed by atoms with Gasteiger partial charge in [0.15, 0.2) is 0 Å². The fourth-order valence-corrected chi connectivity index (χ4v) is 2.50. The van der Waals surface area contributed by atoms with Gasteiger partial charge < -0.3 is 20.1 Å². The summed E-state index contributed by atoms with van der Waals surface area (Å²) in [6.45, 7) is 1.44. The molecule has 142 valence electrons. The molecule has 2 N–H and O–H groups in total. The van der Waals surface area contributed by atoms with Gasteiger partial charge in [0.2, 0.25) is 0 Å². The summed E-state index contributed by atoms with van der Waals surface area (Å²) in [4.78, 5) is 24.2. The van der Waals surface area contributed by atoms with Gasteiger partial charge in [0, 0.05) is 24.2 Å². The van der Waals surface area contributed by atoms with Crippen LogP contribution in [0.5, 0.6) is 11.5 Å². The van der Waals surface area contributed by atoms with E-state index in [1.165, 1.54) is 12.8 Å². The van der Waals surface area contributed by atoms with Crippen molar-refractivity contribution in [3.8, 4) is 11.5 Å². The van der Waals surface area contributed by atoms with E-state index in [4.69, 9.17) is 9.47 Å². The topological polar surface area (TPSA) is 76.7 Å². The molecule has 0 bridgehead atoms. The van der Waals surface area contributed by atoms with Gasteiger partial charge in [-0.25, -0.2) is 0 Å².